The van der Waals surface area contributed by atoms with Gasteiger partial charge in [0.25, 0.3) is 0 Å². The molecular weight excluding hydrogens is 323 g/mol. The molecule has 0 aliphatic carbocycles. The number of hydrogen-bond donors (Lipinski definition) is 1. The van der Waals surface area contributed by atoms with Crippen molar-refractivity contribution < 1.29 is 13.2 Å². The third kappa shape index (κ3) is 6.20. The summed E-state index contributed by atoms with van der Waals surface area (Å²) in [4.78, 5) is 0. The first-order valence-electron chi connectivity index (χ1n) is 8.62. The maximum atomic E-state index is 12.7. The molecule has 0 saturated carbocycles. The summed E-state index contributed by atoms with van der Waals surface area (Å²) >= 11 is 0. The lowest BCUT2D eigenvalue weighted by Crippen LogP contribution is -2.20. The molecule has 136 valence electrons. The van der Waals surface area contributed by atoms with Crippen LogP contribution in [0.2, 0.25) is 0 Å². The molecule has 0 heterocycles. The van der Waals surface area contributed by atoms with Gasteiger partial charge in [-0.2, -0.15) is 13.2 Å². The van der Waals surface area contributed by atoms with Crippen LogP contribution in [0.5, 0.6) is 0 Å². The summed E-state index contributed by atoms with van der Waals surface area (Å²) in [6.07, 6.45) is -2.78. The zero-order valence-corrected chi connectivity index (χ0v) is 15.1. The van der Waals surface area contributed by atoms with E-state index in [9.17, 15) is 13.2 Å². The SMILES string of the molecule is CC(C)(C)c1ccc(CCNCCc2cccc(C(F)(F)F)c2)cc1. The van der Waals surface area contributed by atoms with E-state index in [0.717, 1.165) is 19.0 Å². The van der Waals surface area contributed by atoms with Crippen molar-refractivity contribution in [3.63, 3.8) is 0 Å². The van der Waals surface area contributed by atoms with Crippen molar-refractivity contribution in [2.24, 2.45) is 0 Å². The molecule has 0 unspecified atom stereocenters. The summed E-state index contributed by atoms with van der Waals surface area (Å²) in [6, 6.07) is 14.2. The molecule has 0 fully saturated rings. The molecule has 1 nitrogen and oxygen atoms in total. The van der Waals surface area contributed by atoms with Crippen LogP contribution < -0.4 is 5.32 Å². The van der Waals surface area contributed by atoms with Gasteiger partial charge in [0.2, 0.25) is 0 Å². The monoisotopic (exact) mass is 349 g/mol. The van der Waals surface area contributed by atoms with Crippen LogP contribution >= 0.6 is 0 Å². The molecule has 2 aromatic rings. The van der Waals surface area contributed by atoms with Gasteiger partial charge in [-0.25, -0.2) is 0 Å². The lowest BCUT2D eigenvalue weighted by molar-refractivity contribution is -0.137. The minimum absolute atomic E-state index is 0.154. The summed E-state index contributed by atoms with van der Waals surface area (Å²) in [5, 5.41) is 3.30. The molecule has 0 spiro atoms. The van der Waals surface area contributed by atoms with Crippen molar-refractivity contribution in [1.29, 1.82) is 0 Å². The van der Waals surface area contributed by atoms with Crippen molar-refractivity contribution in [1.82, 2.24) is 5.32 Å². The lowest BCUT2D eigenvalue weighted by atomic mass is 9.86. The Bertz CT molecular complexity index is 667. The van der Waals surface area contributed by atoms with Gasteiger partial charge in [0.1, 0.15) is 0 Å². The lowest BCUT2D eigenvalue weighted by Gasteiger charge is -2.19. The Labute approximate surface area is 148 Å². The van der Waals surface area contributed by atoms with Crippen LogP contribution in [0.25, 0.3) is 0 Å². The van der Waals surface area contributed by atoms with E-state index in [2.05, 4.69) is 50.4 Å². The van der Waals surface area contributed by atoms with Gasteiger partial charge in [-0.3, -0.25) is 0 Å². The predicted molar refractivity (Wildman–Crippen MR) is 96.9 cm³/mol. The molecule has 0 aromatic heterocycles. The van der Waals surface area contributed by atoms with Gasteiger partial charge in [-0.05, 0) is 54.1 Å². The maximum Gasteiger partial charge on any atom is 0.416 e. The number of hydrogen-bond acceptors (Lipinski definition) is 1. The first-order chi connectivity index (χ1) is 11.7. The van der Waals surface area contributed by atoms with E-state index < -0.39 is 11.7 Å². The third-order valence-electron chi connectivity index (χ3n) is 4.26. The van der Waals surface area contributed by atoms with Crippen molar-refractivity contribution in [2.45, 2.75) is 45.2 Å². The second kappa shape index (κ2) is 8.05. The van der Waals surface area contributed by atoms with Crippen LogP contribution in [0.15, 0.2) is 48.5 Å². The summed E-state index contributed by atoms with van der Waals surface area (Å²) in [5.74, 6) is 0. The summed E-state index contributed by atoms with van der Waals surface area (Å²) in [5.41, 5.74) is 2.86. The molecule has 0 radical (unpaired) electrons. The molecule has 0 aliphatic heterocycles. The van der Waals surface area contributed by atoms with Crippen LogP contribution in [0, 0.1) is 0 Å². The molecule has 25 heavy (non-hydrogen) atoms. The van der Waals surface area contributed by atoms with Crippen LogP contribution in [-0.4, -0.2) is 13.1 Å². The standard InChI is InChI=1S/C21H26F3N/c1-20(2,3)18-9-7-16(8-10-18)11-13-25-14-12-17-5-4-6-19(15-17)21(22,23)24/h4-10,15,25H,11-14H2,1-3H3. The van der Waals surface area contributed by atoms with Crippen molar-refractivity contribution in [2.75, 3.05) is 13.1 Å². The van der Waals surface area contributed by atoms with Crippen LogP contribution in [0.3, 0.4) is 0 Å². The largest absolute Gasteiger partial charge is 0.416 e. The van der Waals surface area contributed by atoms with Gasteiger partial charge in [-0.15, -0.1) is 0 Å². The molecule has 0 amide bonds. The fraction of sp³-hybridized carbons (Fsp3) is 0.429. The van der Waals surface area contributed by atoms with Crippen LogP contribution in [0.1, 0.15) is 43.0 Å². The quantitative estimate of drug-likeness (QED) is 0.691. The van der Waals surface area contributed by atoms with Crippen molar-refractivity contribution in [3.05, 3.63) is 70.8 Å². The highest BCUT2D eigenvalue weighted by Crippen LogP contribution is 2.29. The Balaban J connectivity index is 1.75. The Morgan fingerprint density at radius 2 is 1.36 bits per heavy atom. The van der Waals surface area contributed by atoms with E-state index in [-0.39, 0.29) is 5.41 Å². The zero-order valence-electron chi connectivity index (χ0n) is 15.1. The zero-order chi connectivity index (χ0) is 18.5. The average molecular weight is 349 g/mol. The summed E-state index contributed by atoms with van der Waals surface area (Å²) < 4.78 is 38.1. The fourth-order valence-corrected chi connectivity index (χ4v) is 2.67. The van der Waals surface area contributed by atoms with E-state index in [1.54, 1.807) is 6.07 Å². The van der Waals surface area contributed by atoms with Gasteiger partial charge in [0.15, 0.2) is 0 Å². The van der Waals surface area contributed by atoms with Gasteiger partial charge >= 0.3 is 6.18 Å². The molecule has 1 N–H and O–H groups in total. The number of halogens is 3. The minimum atomic E-state index is -4.28. The predicted octanol–water partition coefficient (Wildman–Crippen LogP) is 5.38. The number of alkyl halides is 3. The topological polar surface area (TPSA) is 12.0 Å². The highest BCUT2D eigenvalue weighted by atomic mass is 19.4. The first kappa shape index (κ1) is 19.5. The highest BCUT2D eigenvalue weighted by molar-refractivity contribution is 5.28. The fourth-order valence-electron chi connectivity index (χ4n) is 2.67. The van der Waals surface area contributed by atoms with Crippen molar-refractivity contribution in [3.8, 4) is 0 Å². The normalized spacial score (nSPS) is 12.4. The molecule has 4 heteroatoms. The number of benzene rings is 2. The van der Waals surface area contributed by atoms with Crippen molar-refractivity contribution >= 4 is 0 Å². The molecule has 2 aromatic carbocycles. The van der Waals surface area contributed by atoms with Gasteiger partial charge < -0.3 is 5.32 Å². The molecular formula is C21H26F3N. The van der Waals surface area contributed by atoms with Crippen LogP contribution in [-0.2, 0) is 24.4 Å². The summed E-state index contributed by atoms with van der Waals surface area (Å²) in [6.45, 7) is 8.06. The Hall–Kier alpha value is -1.81. The third-order valence-corrected chi connectivity index (χ3v) is 4.26. The van der Waals surface area contributed by atoms with Gasteiger partial charge in [0.05, 0.1) is 5.56 Å². The van der Waals surface area contributed by atoms with Gasteiger partial charge in [0, 0.05) is 0 Å². The second-order valence-corrected chi connectivity index (χ2v) is 7.40. The molecule has 2 rings (SSSR count). The number of nitrogens with one attached hydrogen (secondary N) is 1. The Morgan fingerprint density at radius 3 is 1.92 bits per heavy atom. The smallest absolute Gasteiger partial charge is 0.316 e. The first-order valence-corrected chi connectivity index (χ1v) is 8.62. The minimum Gasteiger partial charge on any atom is -0.316 e. The highest BCUT2D eigenvalue weighted by Gasteiger charge is 2.30. The number of rotatable bonds is 6. The van der Waals surface area contributed by atoms with Gasteiger partial charge in [-0.1, -0.05) is 63.2 Å². The molecule has 0 atom stereocenters. The maximum absolute atomic E-state index is 12.7. The Kier molecular flexibility index (Phi) is 6.28. The van der Waals surface area contributed by atoms with E-state index in [1.807, 2.05) is 0 Å². The average Bonchev–Trinajstić information content (AvgIpc) is 2.54. The molecule has 0 bridgehead atoms. The van der Waals surface area contributed by atoms with E-state index in [1.165, 1.54) is 23.3 Å². The van der Waals surface area contributed by atoms with Crippen LogP contribution in [0.4, 0.5) is 13.2 Å². The van der Waals surface area contributed by atoms with E-state index >= 15 is 0 Å². The van der Waals surface area contributed by atoms with E-state index in [4.69, 9.17) is 0 Å². The van der Waals surface area contributed by atoms with E-state index in [0.29, 0.717) is 18.5 Å². The Morgan fingerprint density at radius 1 is 0.760 bits per heavy atom. The molecule has 0 saturated heterocycles. The second-order valence-electron chi connectivity index (χ2n) is 7.40. The molecule has 0 aliphatic rings. The summed E-state index contributed by atoms with van der Waals surface area (Å²) in [7, 11) is 0.